The van der Waals surface area contributed by atoms with Gasteiger partial charge in [0, 0.05) is 22.2 Å². The summed E-state index contributed by atoms with van der Waals surface area (Å²) in [5.74, 6) is 0. The van der Waals surface area contributed by atoms with Crippen LogP contribution < -0.4 is 5.43 Å². The summed E-state index contributed by atoms with van der Waals surface area (Å²) in [4.78, 5) is 0. The molecule has 0 aromatic carbocycles. The molecule has 9 heavy (non-hydrogen) atoms. The summed E-state index contributed by atoms with van der Waals surface area (Å²) in [5, 5.41) is 2.00. The van der Waals surface area contributed by atoms with Gasteiger partial charge in [-0.25, -0.2) is 5.43 Å². The SMILES string of the molecule is POCCN1C=CCN1. The molecule has 1 heterocycles. The first-order valence-electron chi connectivity index (χ1n) is 2.92. The number of hydrazine groups is 1. The normalized spacial score (nSPS) is 17.2. The van der Waals surface area contributed by atoms with Crippen molar-refractivity contribution in [2.45, 2.75) is 0 Å². The van der Waals surface area contributed by atoms with Crippen molar-refractivity contribution in [3.05, 3.63) is 12.3 Å². The first-order valence-corrected chi connectivity index (χ1v) is 3.39. The summed E-state index contributed by atoms with van der Waals surface area (Å²) < 4.78 is 4.80. The maximum absolute atomic E-state index is 4.80. The molecule has 1 atom stereocenters. The minimum atomic E-state index is 0.738. The predicted molar refractivity (Wildman–Crippen MR) is 39.5 cm³/mol. The van der Waals surface area contributed by atoms with Gasteiger partial charge in [0.1, 0.15) is 0 Å². The molecule has 4 heteroatoms. The average Bonchev–Trinajstić information content (AvgIpc) is 2.34. The molecule has 0 amide bonds. The van der Waals surface area contributed by atoms with Gasteiger partial charge < -0.3 is 9.53 Å². The lowest BCUT2D eigenvalue weighted by Crippen LogP contribution is -2.31. The molecule has 0 fully saturated rings. The third-order valence-corrected chi connectivity index (χ3v) is 1.38. The maximum Gasteiger partial charge on any atom is 0.0693 e. The van der Waals surface area contributed by atoms with Crippen molar-refractivity contribution >= 4 is 9.47 Å². The third kappa shape index (κ3) is 2.31. The summed E-state index contributed by atoms with van der Waals surface area (Å²) in [6.45, 7) is 2.58. The van der Waals surface area contributed by atoms with E-state index >= 15 is 0 Å². The summed E-state index contributed by atoms with van der Waals surface area (Å²) in [7, 11) is 2.23. The Morgan fingerprint density at radius 3 is 3.22 bits per heavy atom. The van der Waals surface area contributed by atoms with Crippen molar-refractivity contribution in [3.8, 4) is 0 Å². The average molecular weight is 146 g/mol. The van der Waals surface area contributed by atoms with E-state index in [-0.39, 0.29) is 0 Å². The fraction of sp³-hybridized carbons (Fsp3) is 0.600. The summed E-state index contributed by atoms with van der Waals surface area (Å²) in [5.41, 5.74) is 3.12. The molecule has 0 bridgehead atoms. The molecule has 1 N–H and O–H groups in total. The van der Waals surface area contributed by atoms with E-state index in [2.05, 4.69) is 21.0 Å². The van der Waals surface area contributed by atoms with Gasteiger partial charge in [0.05, 0.1) is 13.2 Å². The zero-order valence-corrected chi connectivity index (χ0v) is 6.36. The molecule has 0 radical (unpaired) electrons. The van der Waals surface area contributed by atoms with Crippen LogP contribution in [0.1, 0.15) is 0 Å². The predicted octanol–water partition coefficient (Wildman–Crippen LogP) is 0.127. The van der Waals surface area contributed by atoms with Gasteiger partial charge in [-0.15, -0.1) is 0 Å². The molecule has 1 unspecified atom stereocenters. The molecular weight excluding hydrogens is 135 g/mol. The van der Waals surface area contributed by atoms with Crippen LogP contribution in [0, 0.1) is 0 Å². The molecule has 3 nitrogen and oxygen atoms in total. The van der Waals surface area contributed by atoms with Crippen molar-refractivity contribution < 1.29 is 4.52 Å². The van der Waals surface area contributed by atoms with Crippen LogP contribution in [0.4, 0.5) is 0 Å². The van der Waals surface area contributed by atoms with Gasteiger partial charge in [0.2, 0.25) is 0 Å². The number of nitrogens with zero attached hydrogens (tertiary/aromatic N) is 1. The van der Waals surface area contributed by atoms with E-state index in [9.17, 15) is 0 Å². The fourth-order valence-corrected chi connectivity index (χ4v) is 0.813. The summed E-state index contributed by atoms with van der Waals surface area (Å²) in [6, 6.07) is 0. The highest BCUT2D eigenvalue weighted by molar-refractivity contribution is 7.09. The minimum Gasteiger partial charge on any atom is -0.364 e. The second-order valence-electron chi connectivity index (χ2n) is 1.81. The molecule has 0 aromatic heterocycles. The van der Waals surface area contributed by atoms with Crippen LogP contribution in [0.2, 0.25) is 0 Å². The molecule has 52 valence electrons. The molecular formula is C5H11N2OP. The second kappa shape index (κ2) is 3.83. The molecule has 0 aliphatic carbocycles. The summed E-state index contributed by atoms with van der Waals surface area (Å²) >= 11 is 0. The van der Waals surface area contributed by atoms with Crippen LogP contribution in [0.15, 0.2) is 12.3 Å². The number of rotatable bonds is 3. The Morgan fingerprint density at radius 1 is 1.78 bits per heavy atom. The second-order valence-corrected chi connectivity index (χ2v) is 2.14. The van der Waals surface area contributed by atoms with Crippen molar-refractivity contribution in [1.82, 2.24) is 10.4 Å². The van der Waals surface area contributed by atoms with Crippen molar-refractivity contribution in [1.29, 1.82) is 0 Å². The Labute approximate surface area is 57.3 Å². The monoisotopic (exact) mass is 146 g/mol. The van der Waals surface area contributed by atoms with E-state index in [4.69, 9.17) is 4.52 Å². The van der Waals surface area contributed by atoms with E-state index in [1.807, 2.05) is 11.2 Å². The lowest BCUT2D eigenvalue weighted by Gasteiger charge is -2.14. The Hall–Kier alpha value is -0.110. The standard InChI is InChI=1S/C5H11N2OP/c9-8-5-4-7-3-1-2-6-7/h1,3,6H,2,4-5,9H2. The molecule has 1 aliphatic heterocycles. The van der Waals surface area contributed by atoms with Crippen LogP contribution in [0.5, 0.6) is 0 Å². The van der Waals surface area contributed by atoms with Crippen molar-refractivity contribution in [2.24, 2.45) is 0 Å². The van der Waals surface area contributed by atoms with Crippen molar-refractivity contribution in [3.63, 3.8) is 0 Å². The van der Waals surface area contributed by atoms with Crippen LogP contribution >= 0.6 is 9.47 Å². The highest BCUT2D eigenvalue weighted by Crippen LogP contribution is 1.93. The third-order valence-electron chi connectivity index (χ3n) is 1.15. The number of hydrogen-bond acceptors (Lipinski definition) is 3. The van der Waals surface area contributed by atoms with Crippen LogP contribution in [-0.2, 0) is 4.52 Å². The van der Waals surface area contributed by atoms with E-state index in [0.29, 0.717) is 0 Å². The lowest BCUT2D eigenvalue weighted by atomic mass is 10.6. The van der Waals surface area contributed by atoms with Gasteiger partial charge in [0.25, 0.3) is 0 Å². The van der Waals surface area contributed by atoms with Gasteiger partial charge >= 0.3 is 0 Å². The first-order chi connectivity index (χ1) is 4.43. The highest BCUT2D eigenvalue weighted by atomic mass is 31.0. The van der Waals surface area contributed by atoms with E-state index in [0.717, 1.165) is 19.7 Å². The number of hydrogen-bond donors (Lipinski definition) is 1. The minimum absolute atomic E-state index is 0.738. The Morgan fingerprint density at radius 2 is 2.67 bits per heavy atom. The Kier molecular flexibility index (Phi) is 2.98. The zero-order chi connectivity index (χ0) is 6.53. The van der Waals surface area contributed by atoms with Gasteiger partial charge in [0.15, 0.2) is 0 Å². The van der Waals surface area contributed by atoms with Gasteiger partial charge in [-0.3, -0.25) is 0 Å². The van der Waals surface area contributed by atoms with Gasteiger partial charge in [-0.1, -0.05) is 6.08 Å². The van der Waals surface area contributed by atoms with Crippen LogP contribution in [-0.4, -0.2) is 24.7 Å². The molecule has 0 saturated heterocycles. The largest absolute Gasteiger partial charge is 0.364 e. The van der Waals surface area contributed by atoms with E-state index in [1.165, 1.54) is 0 Å². The molecule has 1 rings (SSSR count). The smallest absolute Gasteiger partial charge is 0.0693 e. The van der Waals surface area contributed by atoms with Gasteiger partial charge in [-0.2, -0.15) is 0 Å². The fourth-order valence-electron chi connectivity index (χ4n) is 0.707. The van der Waals surface area contributed by atoms with E-state index in [1.54, 1.807) is 0 Å². The highest BCUT2D eigenvalue weighted by Gasteiger charge is 1.99. The number of nitrogens with one attached hydrogen (secondary N) is 1. The zero-order valence-electron chi connectivity index (χ0n) is 5.21. The van der Waals surface area contributed by atoms with Crippen LogP contribution in [0.3, 0.4) is 0 Å². The Balaban J connectivity index is 2.05. The molecule has 0 spiro atoms. The van der Waals surface area contributed by atoms with E-state index < -0.39 is 0 Å². The molecule has 1 aliphatic rings. The quantitative estimate of drug-likeness (QED) is 0.572. The van der Waals surface area contributed by atoms with Crippen molar-refractivity contribution in [2.75, 3.05) is 19.7 Å². The maximum atomic E-state index is 4.80. The lowest BCUT2D eigenvalue weighted by molar-refractivity contribution is 0.244. The van der Waals surface area contributed by atoms with Gasteiger partial charge in [-0.05, 0) is 0 Å². The topological polar surface area (TPSA) is 24.5 Å². The molecule has 0 aromatic rings. The molecule has 0 saturated carbocycles. The first kappa shape index (κ1) is 7.00. The summed E-state index contributed by atoms with van der Waals surface area (Å²) in [6.07, 6.45) is 4.09. The van der Waals surface area contributed by atoms with Crippen LogP contribution in [0.25, 0.3) is 0 Å². The Bertz CT molecular complexity index is 107.